The van der Waals surface area contributed by atoms with Crippen molar-refractivity contribution >= 4 is 12.6 Å². The Morgan fingerprint density at radius 2 is 1.44 bits per heavy atom. The van der Waals surface area contributed by atoms with E-state index in [4.69, 9.17) is 5.11 Å². The zero-order chi connectivity index (χ0) is 12.2. The summed E-state index contributed by atoms with van der Waals surface area (Å²) in [5, 5.41) is 18.0. The highest BCUT2D eigenvalue weighted by Crippen LogP contribution is 2.14. The summed E-state index contributed by atoms with van der Waals surface area (Å²) in [6.45, 7) is 2.06. The quantitative estimate of drug-likeness (QED) is 0.388. The van der Waals surface area contributed by atoms with Crippen molar-refractivity contribution in [3.8, 4) is 0 Å². The van der Waals surface area contributed by atoms with Crippen molar-refractivity contribution in [1.29, 1.82) is 0 Å². The summed E-state index contributed by atoms with van der Waals surface area (Å²) in [6.07, 6.45) is 10.6. The molecule has 0 aromatic carbocycles. The summed E-state index contributed by atoms with van der Waals surface area (Å²) in [6, 6.07) is 0. The molecule has 2 N–H and O–H groups in total. The van der Waals surface area contributed by atoms with E-state index in [2.05, 4.69) is 19.6 Å². The average molecular weight is 248 g/mol. The molecule has 0 saturated carbocycles. The van der Waals surface area contributed by atoms with Crippen LogP contribution in [0.25, 0.3) is 0 Å². The molecule has 2 atom stereocenters. The average Bonchev–Trinajstić information content (AvgIpc) is 2.31. The summed E-state index contributed by atoms with van der Waals surface area (Å²) < 4.78 is 0. The summed E-state index contributed by atoms with van der Waals surface area (Å²) in [5.74, 6) is 0. The maximum Gasteiger partial charge on any atom is 0.0886 e. The van der Waals surface area contributed by atoms with Crippen molar-refractivity contribution in [2.75, 3.05) is 6.61 Å². The third kappa shape index (κ3) is 9.49. The van der Waals surface area contributed by atoms with Gasteiger partial charge in [0.1, 0.15) is 0 Å². The second-order valence-electron chi connectivity index (χ2n) is 4.58. The van der Waals surface area contributed by atoms with Gasteiger partial charge in [-0.1, -0.05) is 58.3 Å². The Bertz CT molecular complexity index is 142. The molecule has 2 nitrogen and oxygen atoms in total. The van der Waals surface area contributed by atoms with Gasteiger partial charge in [0.05, 0.1) is 12.7 Å². The predicted molar refractivity (Wildman–Crippen MR) is 73.1 cm³/mol. The highest BCUT2D eigenvalue weighted by atomic mass is 32.1. The Labute approximate surface area is 106 Å². The Morgan fingerprint density at radius 3 is 1.94 bits per heavy atom. The molecule has 0 fully saturated rings. The monoisotopic (exact) mass is 248 g/mol. The molecule has 0 aromatic rings. The first-order valence-electron chi connectivity index (χ1n) is 6.69. The van der Waals surface area contributed by atoms with Crippen molar-refractivity contribution in [3.05, 3.63) is 0 Å². The van der Waals surface area contributed by atoms with E-state index < -0.39 is 6.10 Å². The molecule has 0 bridgehead atoms. The molecule has 0 saturated heterocycles. The van der Waals surface area contributed by atoms with Crippen LogP contribution in [-0.4, -0.2) is 28.2 Å². The molecular formula is C13H28O2S. The first-order chi connectivity index (χ1) is 7.72. The van der Waals surface area contributed by atoms with Crippen LogP contribution in [0.5, 0.6) is 0 Å². The van der Waals surface area contributed by atoms with Gasteiger partial charge in [0.15, 0.2) is 0 Å². The van der Waals surface area contributed by atoms with Crippen molar-refractivity contribution in [2.24, 2.45) is 0 Å². The van der Waals surface area contributed by atoms with Gasteiger partial charge >= 0.3 is 0 Å². The topological polar surface area (TPSA) is 40.5 Å². The lowest BCUT2D eigenvalue weighted by molar-refractivity contribution is 0.0912. The number of unbranched alkanes of at least 4 members (excludes halogenated alkanes) is 7. The van der Waals surface area contributed by atoms with E-state index in [0.717, 1.165) is 12.8 Å². The van der Waals surface area contributed by atoms with E-state index in [1.807, 2.05) is 0 Å². The molecular weight excluding hydrogens is 220 g/mol. The van der Waals surface area contributed by atoms with E-state index in [-0.39, 0.29) is 11.9 Å². The largest absolute Gasteiger partial charge is 0.394 e. The van der Waals surface area contributed by atoms with Gasteiger partial charge in [0.25, 0.3) is 0 Å². The lowest BCUT2D eigenvalue weighted by Crippen LogP contribution is -2.24. The van der Waals surface area contributed by atoms with Crippen LogP contribution in [0.4, 0.5) is 0 Å². The van der Waals surface area contributed by atoms with Gasteiger partial charge in [-0.2, -0.15) is 12.6 Å². The van der Waals surface area contributed by atoms with Crippen LogP contribution in [0.3, 0.4) is 0 Å². The molecule has 16 heavy (non-hydrogen) atoms. The molecule has 0 aliphatic carbocycles. The third-order valence-electron chi connectivity index (χ3n) is 2.98. The van der Waals surface area contributed by atoms with Gasteiger partial charge < -0.3 is 10.2 Å². The first kappa shape index (κ1) is 16.3. The van der Waals surface area contributed by atoms with E-state index >= 15 is 0 Å². The molecule has 2 unspecified atom stereocenters. The molecule has 0 radical (unpaired) electrons. The molecule has 3 heteroatoms. The molecule has 0 aliphatic rings. The van der Waals surface area contributed by atoms with Gasteiger partial charge in [-0.25, -0.2) is 0 Å². The van der Waals surface area contributed by atoms with E-state index in [0.29, 0.717) is 0 Å². The van der Waals surface area contributed by atoms with Crippen molar-refractivity contribution in [2.45, 2.75) is 76.1 Å². The van der Waals surface area contributed by atoms with E-state index in [1.165, 1.54) is 44.9 Å². The molecule has 0 heterocycles. The fourth-order valence-electron chi connectivity index (χ4n) is 1.80. The van der Waals surface area contributed by atoms with Crippen LogP contribution in [0.15, 0.2) is 0 Å². The van der Waals surface area contributed by atoms with Gasteiger partial charge in [0, 0.05) is 5.25 Å². The minimum Gasteiger partial charge on any atom is -0.394 e. The number of aliphatic hydroxyl groups is 2. The van der Waals surface area contributed by atoms with Crippen LogP contribution < -0.4 is 0 Å². The Kier molecular flexibility index (Phi) is 11.9. The predicted octanol–water partition coefficient (Wildman–Crippen LogP) is 3.17. The lowest BCUT2D eigenvalue weighted by atomic mass is 10.1. The Morgan fingerprint density at radius 1 is 0.938 bits per heavy atom. The normalized spacial score (nSPS) is 15.0. The van der Waals surface area contributed by atoms with E-state index in [9.17, 15) is 5.11 Å². The molecule has 0 rings (SSSR count). The smallest absolute Gasteiger partial charge is 0.0886 e. The summed E-state index contributed by atoms with van der Waals surface area (Å²) >= 11 is 4.27. The standard InChI is InChI=1S/C13H28O2S/c1-2-3-4-5-6-7-8-9-10-13(16)12(15)11-14/h12-16H,2-11H2,1H3. The summed E-state index contributed by atoms with van der Waals surface area (Å²) in [5.41, 5.74) is 0. The lowest BCUT2D eigenvalue weighted by Gasteiger charge is -2.15. The zero-order valence-electron chi connectivity index (χ0n) is 10.6. The van der Waals surface area contributed by atoms with Crippen LogP contribution in [-0.2, 0) is 0 Å². The summed E-state index contributed by atoms with van der Waals surface area (Å²) in [7, 11) is 0. The van der Waals surface area contributed by atoms with Crippen LogP contribution in [0.2, 0.25) is 0 Å². The van der Waals surface area contributed by atoms with Crippen LogP contribution in [0.1, 0.15) is 64.7 Å². The second kappa shape index (κ2) is 11.7. The zero-order valence-corrected chi connectivity index (χ0v) is 11.5. The Balaban J connectivity index is 3.14. The van der Waals surface area contributed by atoms with Crippen molar-refractivity contribution < 1.29 is 10.2 Å². The third-order valence-corrected chi connectivity index (χ3v) is 3.59. The minimum absolute atomic E-state index is 0.0647. The van der Waals surface area contributed by atoms with Crippen molar-refractivity contribution in [1.82, 2.24) is 0 Å². The maximum absolute atomic E-state index is 9.30. The minimum atomic E-state index is -0.659. The fraction of sp³-hybridized carbons (Fsp3) is 1.00. The molecule has 0 spiro atoms. The maximum atomic E-state index is 9.30. The highest BCUT2D eigenvalue weighted by Gasteiger charge is 2.12. The SMILES string of the molecule is CCCCCCCCCCC(S)C(O)CO. The highest BCUT2D eigenvalue weighted by molar-refractivity contribution is 7.81. The molecule has 0 amide bonds. The van der Waals surface area contributed by atoms with Gasteiger partial charge in [-0.15, -0.1) is 0 Å². The van der Waals surface area contributed by atoms with Crippen LogP contribution >= 0.6 is 12.6 Å². The Hall–Kier alpha value is 0.270. The van der Waals surface area contributed by atoms with Gasteiger partial charge in [-0.05, 0) is 6.42 Å². The van der Waals surface area contributed by atoms with Crippen molar-refractivity contribution in [3.63, 3.8) is 0 Å². The number of hydrogen-bond acceptors (Lipinski definition) is 3. The summed E-state index contributed by atoms with van der Waals surface area (Å²) in [4.78, 5) is 0. The first-order valence-corrected chi connectivity index (χ1v) is 7.21. The number of thiol groups is 1. The van der Waals surface area contributed by atoms with Crippen LogP contribution in [0, 0.1) is 0 Å². The number of rotatable bonds is 11. The molecule has 0 aromatic heterocycles. The number of hydrogen-bond donors (Lipinski definition) is 3. The molecule has 98 valence electrons. The van der Waals surface area contributed by atoms with E-state index in [1.54, 1.807) is 0 Å². The number of aliphatic hydroxyl groups excluding tert-OH is 2. The van der Waals surface area contributed by atoms with Gasteiger partial charge in [0.2, 0.25) is 0 Å². The van der Waals surface area contributed by atoms with Gasteiger partial charge in [-0.3, -0.25) is 0 Å². The molecule has 0 aliphatic heterocycles. The fourth-order valence-corrected chi connectivity index (χ4v) is 2.08. The second-order valence-corrected chi connectivity index (χ2v) is 5.24.